The predicted molar refractivity (Wildman–Crippen MR) is 89.1 cm³/mol. The van der Waals surface area contributed by atoms with Crippen molar-refractivity contribution in [2.75, 3.05) is 19.0 Å². The fourth-order valence-electron chi connectivity index (χ4n) is 1.99. The normalized spacial score (nSPS) is 10.6. The number of allylic oxidation sites excluding steroid dienone is 1. The molecule has 2 rings (SSSR count). The highest BCUT2D eigenvalue weighted by Gasteiger charge is 2.03. The van der Waals surface area contributed by atoms with Crippen molar-refractivity contribution in [3.8, 4) is 0 Å². The van der Waals surface area contributed by atoms with E-state index in [1.807, 2.05) is 37.2 Å². The number of benzene rings is 2. The second-order valence-corrected chi connectivity index (χ2v) is 5.13. The van der Waals surface area contributed by atoms with Crippen molar-refractivity contribution in [1.29, 1.82) is 0 Å². The molecule has 0 fully saturated rings. The molecular weight excluding hydrogens is 276 g/mol. The Morgan fingerprint density at radius 1 is 1.00 bits per heavy atom. The van der Waals surface area contributed by atoms with Gasteiger partial charge in [0.15, 0.2) is 5.78 Å². The van der Waals surface area contributed by atoms with Gasteiger partial charge in [-0.15, -0.1) is 0 Å². The van der Waals surface area contributed by atoms with E-state index < -0.39 is 5.91 Å². The number of primary amides is 1. The number of carbonyl (C=O) groups excluding carboxylic acids is 2. The first kappa shape index (κ1) is 15.5. The molecule has 4 heteroatoms. The van der Waals surface area contributed by atoms with Gasteiger partial charge in [0, 0.05) is 30.9 Å². The van der Waals surface area contributed by atoms with E-state index in [0.29, 0.717) is 11.1 Å². The third-order valence-electron chi connectivity index (χ3n) is 3.27. The largest absolute Gasteiger partial charge is 0.378 e. The van der Waals surface area contributed by atoms with Crippen molar-refractivity contribution in [2.45, 2.75) is 0 Å². The molecule has 112 valence electrons. The van der Waals surface area contributed by atoms with Crippen LogP contribution in [0.3, 0.4) is 0 Å². The van der Waals surface area contributed by atoms with Crippen LogP contribution < -0.4 is 10.6 Å². The van der Waals surface area contributed by atoms with Crippen LogP contribution >= 0.6 is 0 Å². The van der Waals surface area contributed by atoms with Crippen LogP contribution in [0.1, 0.15) is 26.3 Å². The van der Waals surface area contributed by atoms with Gasteiger partial charge in [-0.25, -0.2) is 0 Å². The van der Waals surface area contributed by atoms with Crippen molar-refractivity contribution in [3.63, 3.8) is 0 Å². The van der Waals surface area contributed by atoms with E-state index >= 15 is 0 Å². The summed E-state index contributed by atoms with van der Waals surface area (Å²) in [6.45, 7) is 0. The minimum Gasteiger partial charge on any atom is -0.378 e. The molecule has 0 bridgehead atoms. The van der Waals surface area contributed by atoms with Crippen LogP contribution in [0.4, 0.5) is 5.69 Å². The number of nitrogens with zero attached hydrogens (tertiary/aromatic N) is 1. The molecule has 0 atom stereocenters. The molecule has 0 aromatic heterocycles. The maximum atomic E-state index is 12.1. The number of carbonyl (C=O) groups is 2. The lowest BCUT2D eigenvalue weighted by Crippen LogP contribution is -2.10. The molecule has 0 aliphatic carbocycles. The lowest BCUT2D eigenvalue weighted by atomic mass is 10.1. The van der Waals surface area contributed by atoms with Crippen molar-refractivity contribution >= 4 is 23.5 Å². The minimum absolute atomic E-state index is 0.0882. The van der Waals surface area contributed by atoms with Gasteiger partial charge >= 0.3 is 0 Å². The third kappa shape index (κ3) is 3.82. The molecule has 4 nitrogen and oxygen atoms in total. The second-order valence-electron chi connectivity index (χ2n) is 5.13. The molecule has 2 aromatic carbocycles. The molecule has 0 aliphatic heterocycles. The van der Waals surface area contributed by atoms with Crippen LogP contribution in [0.2, 0.25) is 0 Å². The summed E-state index contributed by atoms with van der Waals surface area (Å²) in [6.07, 6.45) is 3.17. The predicted octanol–water partition coefficient (Wildman–Crippen LogP) is 2.75. The van der Waals surface area contributed by atoms with Gasteiger partial charge in [0.1, 0.15) is 0 Å². The molecule has 0 aliphatic rings. The first-order chi connectivity index (χ1) is 10.5. The lowest BCUT2D eigenvalue weighted by molar-refractivity contribution is 0.0999. The smallest absolute Gasteiger partial charge is 0.248 e. The number of ketones is 1. The van der Waals surface area contributed by atoms with E-state index in [1.54, 1.807) is 36.4 Å². The van der Waals surface area contributed by atoms with Gasteiger partial charge in [-0.05, 0) is 48.0 Å². The number of hydrogen-bond donors (Lipinski definition) is 1. The quantitative estimate of drug-likeness (QED) is 0.681. The highest BCUT2D eigenvalue weighted by atomic mass is 16.1. The van der Waals surface area contributed by atoms with Gasteiger partial charge in [0.2, 0.25) is 5.91 Å². The van der Waals surface area contributed by atoms with Crippen molar-refractivity contribution in [3.05, 3.63) is 71.3 Å². The molecule has 0 saturated carbocycles. The highest BCUT2D eigenvalue weighted by molar-refractivity contribution is 6.07. The Balaban J connectivity index is 2.14. The number of hydrogen-bond acceptors (Lipinski definition) is 3. The summed E-state index contributed by atoms with van der Waals surface area (Å²) in [5.41, 5.74) is 8.07. The maximum absolute atomic E-state index is 12.1. The van der Waals surface area contributed by atoms with Crippen LogP contribution in [0, 0.1) is 0 Å². The van der Waals surface area contributed by atoms with E-state index in [-0.39, 0.29) is 5.78 Å². The molecule has 2 aromatic rings. The van der Waals surface area contributed by atoms with Crippen LogP contribution in [0.15, 0.2) is 54.6 Å². The molecule has 1 amide bonds. The summed E-state index contributed by atoms with van der Waals surface area (Å²) in [4.78, 5) is 25.2. The zero-order valence-electron chi connectivity index (χ0n) is 12.6. The van der Waals surface area contributed by atoms with Crippen molar-refractivity contribution < 1.29 is 9.59 Å². The SMILES string of the molecule is CN(C)c1ccc(C(=O)/C=C/c2cccc(C(N)=O)c2)cc1. The summed E-state index contributed by atoms with van der Waals surface area (Å²) in [7, 11) is 3.89. The summed E-state index contributed by atoms with van der Waals surface area (Å²) in [6, 6.07) is 14.2. The Kier molecular flexibility index (Phi) is 4.73. The monoisotopic (exact) mass is 294 g/mol. The van der Waals surface area contributed by atoms with E-state index in [0.717, 1.165) is 11.3 Å². The summed E-state index contributed by atoms with van der Waals surface area (Å²) in [5, 5.41) is 0. The average molecular weight is 294 g/mol. The number of nitrogens with two attached hydrogens (primary N) is 1. The molecule has 0 spiro atoms. The standard InChI is InChI=1S/C18H18N2O2/c1-20(2)16-9-7-14(8-10-16)17(21)11-6-13-4-3-5-15(12-13)18(19)22/h3-12H,1-2H3,(H2,19,22)/b11-6+. The summed E-state index contributed by atoms with van der Waals surface area (Å²) in [5.74, 6) is -0.573. The van der Waals surface area contributed by atoms with Crippen molar-refractivity contribution in [1.82, 2.24) is 0 Å². The zero-order valence-corrected chi connectivity index (χ0v) is 12.6. The topological polar surface area (TPSA) is 63.4 Å². The summed E-state index contributed by atoms with van der Waals surface area (Å²) >= 11 is 0. The van der Waals surface area contributed by atoms with Gasteiger partial charge in [-0.1, -0.05) is 18.2 Å². The molecule has 2 N–H and O–H groups in total. The Morgan fingerprint density at radius 3 is 2.27 bits per heavy atom. The van der Waals surface area contributed by atoms with Gasteiger partial charge in [0.25, 0.3) is 0 Å². The maximum Gasteiger partial charge on any atom is 0.248 e. The van der Waals surface area contributed by atoms with Gasteiger partial charge in [0.05, 0.1) is 0 Å². The Morgan fingerprint density at radius 2 is 1.68 bits per heavy atom. The molecule has 0 saturated heterocycles. The van der Waals surface area contributed by atoms with E-state index in [4.69, 9.17) is 5.73 Å². The van der Waals surface area contributed by atoms with Gasteiger partial charge in [-0.2, -0.15) is 0 Å². The molecule has 22 heavy (non-hydrogen) atoms. The van der Waals surface area contributed by atoms with Crippen LogP contribution in [0.25, 0.3) is 6.08 Å². The van der Waals surface area contributed by atoms with Gasteiger partial charge < -0.3 is 10.6 Å². The van der Waals surface area contributed by atoms with E-state index in [1.165, 1.54) is 6.08 Å². The first-order valence-electron chi connectivity index (χ1n) is 6.87. The molecule has 0 heterocycles. The Hall–Kier alpha value is -2.88. The van der Waals surface area contributed by atoms with E-state index in [9.17, 15) is 9.59 Å². The highest BCUT2D eigenvalue weighted by Crippen LogP contribution is 2.14. The Bertz CT molecular complexity index is 716. The van der Waals surface area contributed by atoms with E-state index in [2.05, 4.69) is 0 Å². The zero-order chi connectivity index (χ0) is 16.1. The van der Waals surface area contributed by atoms with Gasteiger partial charge in [-0.3, -0.25) is 9.59 Å². The summed E-state index contributed by atoms with van der Waals surface area (Å²) < 4.78 is 0. The fraction of sp³-hybridized carbons (Fsp3) is 0.111. The number of anilines is 1. The van der Waals surface area contributed by atoms with Crippen LogP contribution in [0.5, 0.6) is 0 Å². The average Bonchev–Trinajstić information content (AvgIpc) is 2.53. The first-order valence-corrected chi connectivity index (χ1v) is 6.87. The number of amides is 1. The van der Waals surface area contributed by atoms with Crippen LogP contribution in [-0.2, 0) is 0 Å². The molecule has 0 radical (unpaired) electrons. The Labute approximate surface area is 129 Å². The lowest BCUT2D eigenvalue weighted by Gasteiger charge is -2.11. The second kappa shape index (κ2) is 6.72. The minimum atomic E-state index is -0.485. The van der Waals surface area contributed by atoms with Crippen LogP contribution in [-0.4, -0.2) is 25.8 Å². The molecular formula is C18H18N2O2. The molecule has 0 unspecified atom stereocenters. The third-order valence-corrected chi connectivity index (χ3v) is 3.27. The fourth-order valence-corrected chi connectivity index (χ4v) is 1.99. The van der Waals surface area contributed by atoms with Crippen molar-refractivity contribution in [2.24, 2.45) is 5.73 Å². The number of rotatable bonds is 5.